The Morgan fingerprint density at radius 2 is 1.60 bits per heavy atom. The lowest BCUT2D eigenvalue weighted by Gasteiger charge is -2.24. The van der Waals surface area contributed by atoms with E-state index in [0.717, 1.165) is 0 Å². The number of aliphatic carboxylic acids is 2. The zero-order chi connectivity index (χ0) is 19.6. The summed E-state index contributed by atoms with van der Waals surface area (Å²) in [5.41, 5.74) is 10.7. The van der Waals surface area contributed by atoms with E-state index < -0.39 is 41.9 Å². The van der Waals surface area contributed by atoms with Crippen LogP contribution in [0.2, 0.25) is 0 Å². The van der Waals surface area contributed by atoms with Gasteiger partial charge in [-0.05, 0) is 31.7 Å². The normalized spacial score (nSPS) is 14.4. The van der Waals surface area contributed by atoms with Gasteiger partial charge in [-0.2, -0.15) is 0 Å². The van der Waals surface area contributed by atoms with E-state index in [1.807, 2.05) is 0 Å². The average Bonchev–Trinajstić information content (AvgIpc) is 2.53. The van der Waals surface area contributed by atoms with Crippen molar-refractivity contribution in [3.05, 3.63) is 0 Å². The van der Waals surface area contributed by atoms with Gasteiger partial charge in [0.05, 0.1) is 0 Å². The monoisotopic (exact) mass is 360 g/mol. The van der Waals surface area contributed by atoms with Crippen LogP contribution in [0, 0.1) is 5.92 Å². The zero-order valence-corrected chi connectivity index (χ0v) is 14.5. The third kappa shape index (κ3) is 9.01. The lowest BCUT2D eigenvalue weighted by atomic mass is 10.0. The number of carbonyl (C=O) groups is 4. The van der Waals surface area contributed by atoms with Crippen LogP contribution < -0.4 is 22.1 Å². The molecule has 0 heterocycles. The van der Waals surface area contributed by atoms with Crippen molar-refractivity contribution in [2.75, 3.05) is 6.54 Å². The van der Waals surface area contributed by atoms with E-state index in [4.69, 9.17) is 21.7 Å². The Labute approximate surface area is 146 Å². The van der Waals surface area contributed by atoms with E-state index in [9.17, 15) is 19.2 Å². The first-order valence-electron chi connectivity index (χ1n) is 8.11. The molecule has 8 N–H and O–H groups in total. The van der Waals surface area contributed by atoms with Crippen molar-refractivity contribution >= 4 is 23.8 Å². The fourth-order valence-corrected chi connectivity index (χ4v) is 2.03. The maximum Gasteiger partial charge on any atom is 0.326 e. The topological polar surface area (TPSA) is 185 Å². The summed E-state index contributed by atoms with van der Waals surface area (Å²) in [5, 5.41) is 22.7. The molecule has 0 aliphatic heterocycles. The van der Waals surface area contributed by atoms with Gasteiger partial charge in [-0.25, -0.2) is 4.79 Å². The Morgan fingerprint density at radius 3 is 2.04 bits per heavy atom. The quantitative estimate of drug-likeness (QED) is 0.246. The Kier molecular flexibility index (Phi) is 10.4. The molecule has 2 amide bonds. The van der Waals surface area contributed by atoms with Gasteiger partial charge in [0.25, 0.3) is 0 Å². The predicted molar refractivity (Wildman–Crippen MR) is 89.5 cm³/mol. The van der Waals surface area contributed by atoms with E-state index >= 15 is 0 Å². The smallest absolute Gasteiger partial charge is 0.326 e. The Morgan fingerprint density at radius 1 is 1.00 bits per heavy atom. The second-order valence-electron chi connectivity index (χ2n) is 6.10. The molecule has 0 bridgehead atoms. The van der Waals surface area contributed by atoms with Gasteiger partial charge in [-0.3, -0.25) is 14.4 Å². The largest absolute Gasteiger partial charge is 0.480 e. The standard InChI is InChI=1S/C15H28N4O6/c1-8(2)12(19-11(20)6-5-9(17)14(22)23)13(21)18-10(15(24)25)4-3-7-16/h8-10,12H,3-7,16-17H2,1-2H3,(H,18,21)(H,19,20)(H,22,23)(H,24,25)/t9-,10-,12-/m0/s1. The first-order valence-corrected chi connectivity index (χ1v) is 8.11. The number of nitrogens with two attached hydrogens (primary N) is 2. The van der Waals surface area contributed by atoms with E-state index in [2.05, 4.69) is 10.6 Å². The Bertz CT molecular complexity index is 483. The summed E-state index contributed by atoms with van der Waals surface area (Å²) in [6.07, 6.45) is 0.397. The van der Waals surface area contributed by atoms with Gasteiger partial charge >= 0.3 is 11.9 Å². The van der Waals surface area contributed by atoms with Gasteiger partial charge in [0.1, 0.15) is 18.1 Å². The van der Waals surface area contributed by atoms with Crippen LogP contribution in [0.25, 0.3) is 0 Å². The van der Waals surface area contributed by atoms with Crippen LogP contribution in [0.15, 0.2) is 0 Å². The lowest BCUT2D eigenvalue weighted by Crippen LogP contribution is -2.53. The van der Waals surface area contributed by atoms with E-state index in [0.29, 0.717) is 13.0 Å². The van der Waals surface area contributed by atoms with Crippen molar-refractivity contribution in [3.8, 4) is 0 Å². The molecule has 0 fully saturated rings. The predicted octanol–water partition coefficient (Wildman–Crippen LogP) is -1.37. The summed E-state index contributed by atoms with van der Waals surface area (Å²) < 4.78 is 0. The molecular weight excluding hydrogens is 332 g/mol. The van der Waals surface area contributed by atoms with E-state index in [1.54, 1.807) is 13.8 Å². The molecule has 0 spiro atoms. The summed E-state index contributed by atoms with van der Waals surface area (Å²) in [4.78, 5) is 46.0. The number of rotatable bonds is 12. The number of carboxylic acids is 2. The summed E-state index contributed by atoms with van der Waals surface area (Å²) in [6, 6.07) is -3.19. The van der Waals surface area contributed by atoms with Crippen LogP contribution in [-0.4, -0.2) is 58.6 Å². The first-order chi connectivity index (χ1) is 11.6. The highest BCUT2D eigenvalue weighted by Crippen LogP contribution is 2.06. The Hall–Kier alpha value is -2.20. The zero-order valence-electron chi connectivity index (χ0n) is 14.5. The van der Waals surface area contributed by atoms with Gasteiger partial charge < -0.3 is 32.3 Å². The molecule has 25 heavy (non-hydrogen) atoms. The minimum Gasteiger partial charge on any atom is -0.480 e. The van der Waals surface area contributed by atoms with Crippen LogP contribution >= 0.6 is 0 Å². The molecule has 0 aliphatic rings. The number of carboxylic acid groups (broad SMARTS) is 2. The van der Waals surface area contributed by atoms with Crippen LogP contribution in [0.1, 0.15) is 39.5 Å². The maximum atomic E-state index is 12.3. The molecule has 0 aliphatic carbocycles. The molecule has 0 radical (unpaired) electrons. The van der Waals surface area contributed by atoms with E-state index in [1.165, 1.54) is 0 Å². The van der Waals surface area contributed by atoms with Crippen LogP contribution in [-0.2, 0) is 19.2 Å². The third-order valence-corrected chi connectivity index (χ3v) is 3.58. The SMILES string of the molecule is CC(C)[C@H](NC(=O)CC[C@H](N)C(=O)O)C(=O)N[C@@H](CCCN)C(=O)O. The second-order valence-corrected chi connectivity index (χ2v) is 6.10. The van der Waals surface area contributed by atoms with Gasteiger partial charge in [0.15, 0.2) is 0 Å². The van der Waals surface area contributed by atoms with Gasteiger partial charge in [0.2, 0.25) is 11.8 Å². The average molecular weight is 360 g/mol. The summed E-state index contributed by atoms with van der Waals surface area (Å²) in [6.45, 7) is 3.69. The molecule has 0 saturated heterocycles. The summed E-state index contributed by atoms with van der Waals surface area (Å²) in [7, 11) is 0. The van der Waals surface area contributed by atoms with Crippen molar-refractivity contribution in [1.29, 1.82) is 0 Å². The fourth-order valence-electron chi connectivity index (χ4n) is 2.03. The molecule has 0 rings (SSSR count). The van der Waals surface area contributed by atoms with E-state index in [-0.39, 0.29) is 25.2 Å². The molecule has 0 unspecified atom stereocenters. The molecule has 0 aromatic carbocycles. The summed E-state index contributed by atoms with van der Waals surface area (Å²) >= 11 is 0. The maximum absolute atomic E-state index is 12.3. The molecule has 10 heteroatoms. The third-order valence-electron chi connectivity index (χ3n) is 3.58. The van der Waals surface area contributed by atoms with Gasteiger partial charge in [-0.15, -0.1) is 0 Å². The van der Waals surface area contributed by atoms with Crippen LogP contribution in [0.5, 0.6) is 0 Å². The first kappa shape index (κ1) is 22.8. The summed E-state index contributed by atoms with van der Waals surface area (Å²) in [5.74, 6) is -3.83. The minimum atomic E-state index is -1.21. The molecule has 144 valence electrons. The lowest BCUT2D eigenvalue weighted by molar-refractivity contribution is -0.142. The number of nitrogens with one attached hydrogen (secondary N) is 2. The van der Waals surface area contributed by atoms with Gasteiger partial charge in [-0.1, -0.05) is 13.8 Å². The highest BCUT2D eigenvalue weighted by molar-refractivity contribution is 5.90. The van der Waals surface area contributed by atoms with Crippen molar-refractivity contribution in [2.45, 2.75) is 57.7 Å². The number of hydrogen-bond acceptors (Lipinski definition) is 6. The fraction of sp³-hybridized carbons (Fsp3) is 0.733. The van der Waals surface area contributed by atoms with Crippen molar-refractivity contribution in [3.63, 3.8) is 0 Å². The highest BCUT2D eigenvalue weighted by Gasteiger charge is 2.28. The molecule has 10 nitrogen and oxygen atoms in total. The molecule has 0 aromatic heterocycles. The number of carbonyl (C=O) groups excluding carboxylic acids is 2. The molecule has 3 atom stereocenters. The second kappa shape index (κ2) is 11.4. The Balaban J connectivity index is 4.75. The molecule has 0 saturated carbocycles. The minimum absolute atomic E-state index is 0.0676. The van der Waals surface area contributed by atoms with Crippen molar-refractivity contribution in [2.24, 2.45) is 17.4 Å². The number of hydrogen-bond donors (Lipinski definition) is 6. The van der Waals surface area contributed by atoms with Crippen LogP contribution in [0.3, 0.4) is 0 Å². The van der Waals surface area contributed by atoms with Crippen LogP contribution in [0.4, 0.5) is 0 Å². The van der Waals surface area contributed by atoms with Crippen molar-refractivity contribution in [1.82, 2.24) is 10.6 Å². The molecule has 0 aromatic rings. The van der Waals surface area contributed by atoms with Gasteiger partial charge in [0, 0.05) is 6.42 Å². The van der Waals surface area contributed by atoms with Crippen molar-refractivity contribution < 1.29 is 29.4 Å². The molecular formula is C15H28N4O6. The highest BCUT2D eigenvalue weighted by atomic mass is 16.4. The number of amides is 2.